The first-order valence-corrected chi connectivity index (χ1v) is 8.45. The first-order valence-electron chi connectivity index (χ1n) is 7.65. The fraction of sp³-hybridized carbons (Fsp3) is 0.158. The number of halogens is 3. The number of ether oxygens (including phenoxy) is 3. The highest BCUT2D eigenvalue weighted by Gasteiger charge is 2.11. The van der Waals surface area contributed by atoms with Crippen molar-refractivity contribution in [1.82, 2.24) is 0 Å². The summed E-state index contributed by atoms with van der Waals surface area (Å²) in [7, 11) is 1.31. The molecule has 0 saturated heterocycles. The van der Waals surface area contributed by atoms with Crippen LogP contribution >= 0.6 is 15.9 Å². The van der Waals surface area contributed by atoms with Crippen LogP contribution in [0.3, 0.4) is 0 Å². The summed E-state index contributed by atoms with van der Waals surface area (Å²) in [6.07, 6.45) is 2.53. The van der Waals surface area contributed by atoms with Gasteiger partial charge in [0, 0.05) is 16.1 Å². The molecule has 0 atom stereocenters. The Morgan fingerprint density at radius 3 is 2.44 bits per heavy atom. The molecule has 27 heavy (non-hydrogen) atoms. The van der Waals surface area contributed by atoms with Crippen LogP contribution in [0.15, 0.2) is 53.0 Å². The predicted molar refractivity (Wildman–Crippen MR) is 98.1 cm³/mol. The fourth-order valence-corrected chi connectivity index (χ4v) is 2.31. The molecule has 0 aliphatic heterocycles. The zero-order valence-electron chi connectivity index (χ0n) is 14.2. The third-order valence-electron chi connectivity index (χ3n) is 3.33. The molecule has 0 spiro atoms. The van der Waals surface area contributed by atoms with Gasteiger partial charge in [-0.3, -0.25) is 4.79 Å². The van der Waals surface area contributed by atoms with Crippen LogP contribution in [0.5, 0.6) is 11.5 Å². The Morgan fingerprint density at radius 1 is 1.11 bits per heavy atom. The average Bonchev–Trinajstić information content (AvgIpc) is 2.65. The van der Waals surface area contributed by atoms with E-state index in [2.05, 4.69) is 20.7 Å². The molecule has 0 N–H and O–H groups in total. The van der Waals surface area contributed by atoms with Crippen molar-refractivity contribution < 1.29 is 32.6 Å². The number of ketones is 1. The number of carbonyl (C=O) groups excluding carboxylic acids is 2. The van der Waals surface area contributed by atoms with Crippen LogP contribution in [0.4, 0.5) is 8.78 Å². The van der Waals surface area contributed by atoms with Gasteiger partial charge in [-0.15, -0.1) is 0 Å². The maximum absolute atomic E-state index is 12.3. The highest BCUT2D eigenvalue weighted by atomic mass is 79.9. The lowest BCUT2D eigenvalue weighted by Gasteiger charge is -2.10. The van der Waals surface area contributed by atoms with Gasteiger partial charge in [-0.25, -0.2) is 4.79 Å². The average molecular weight is 441 g/mol. The molecule has 0 bridgehead atoms. The molecule has 0 aromatic heterocycles. The van der Waals surface area contributed by atoms with Gasteiger partial charge < -0.3 is 14.2 Å². The van der Waals surface area contributed by atoms with Gasteiger partial charge in [-0.1, -0.05) is 34.1 Å². The lowest BCUT2D eigenvalue weighted by atomic mass is 10.1. The molecule has 0 fully saturated rings. The molecule has 0 amide bonds. The molecule has 2 aromatic rings. The number of hydrogen-bond acceptors (Lipinski definition) is 5. The second-order valence-electron chi connectivity index (χ2n) is 5.16. The number of methoxy groups -OCH3 is 1. The van der Waals surface area contributed by atoms with E-state index < -0.39 is 19.2 Å². The van der Waals surface area contributed by atoms with Crippen LogP contribution in [0.2, 0.25) is 0 Å². The van der Waals surface area contributed by atoms with E-state index in [4.69, 9.17) is 9.47 Å². The van der Waals surface area contributed by atoms with E-state index in [0.29, 0.717) is 11.1 Å². The number of rotatable bonds is 8. The summed E-state index contributed by atoms with van der Waals surface area (Å²) in [6, 6.07) is 10.9. The van der Waals surface area contributed by atoms with Crippen LogP contribution in [-0.4, -0.2) is 32.1 Å². The van der Waals surface area contributed by atoms with Crippen LogP contribution in [0, 0.1) is 0 Å². The number of hydrogen-bond donors (Lipinski definition) is 0. The smallest absolute Gasteiger partial charge is 0.387 e. The minimum Gasteiger partial charge on any atom is -0.493 e. The third-order valence-corrected chi connectivity index (χ3v) is 3.86. The monoisotopic (exact) mass is 440 g/mol. The Bertz CT molecular complexity index is 834. The molecule has 2 aromatic carbocycles. The molecule has 0 unspecified atom stereocenters. The van der Waals surface area contributed by atoms with E-state index in [0.717, 1.165) is 10.5 Å². The summed E-state index contributed by atoms with van der Waals surface area (Å²) in [5.41, 5.74) is 0.930. The number of benzene rings is 2. The highest BCUT2D eigenvalue weighted by molar-refractivity contribution is 9.10. The standard InChI is InChI=1S/C19H15BrF2O5/c1-25-17-10-12(2-8-16(17)27-19(21)22)3-9-18(24)26-11-15(23)13-4-6-14(20)7-5-13/h2-10,19H,11H2,1H3/b9-3+. The Hall–Kier alpha value is -2.74. The van der Waals surface area contributed by atoms with Gasteiger partial charge in [0.2, 0.25) is 0 Å². The minimum atomic E-state index is -2.97. The van der Waals surface area contributed by atoms with Gasteiger partial charge >= 0.3 is 12.6 Å². The minimum absolute atomic E-state index is 0.0937. The lowest BCUT2D eigenvalue weighted by molar-refractivity contribution is -0.136. The summed E-state index contributed by atoms with van der Waals surface area (Å²) >= 11 is 3.27. The molecule has 0 aliphatic carbocycles. The van der Waals surface area contributed by atoms with Crippen molar-refractivity contribution in [3.8, 4) is 11.5 Å². The zero-order chi connectivity index (χ0) is 19.8. The molecule has 2 rings (SSSR count). The molecule has 0 aliphatic rings. The van der Waals surface area contributed by atoms with E-state index in [1.54, 1.807) is 24.3 Å². The van der Waals surface area contributed by atoms with Crippen molar-refractivity contribution in [2.45, 2.75) is 6.61 Å². The van der Waals surface area contributed by atoms with E-state index in [1.165, 1.54) is 31.4 Å². The van der Waals surface area contributed by atoms with Gasteiger partial charge in [0.25, 0.3) is 0 Å². The van der Waals surface area contributed by atoms with E-state index in [9.17, 15) is 18.4 Å². The third kappa shape index (κ3) is 6.49. The fourth-order valence-electron chi connectivity index (χ4n) is 2.05. The van der Waals surface area contributed by atoms with E-state index >= 15 is 0 Å². The maximum Gasteiger partial charge on any atom is 0.387 e. The SMILES string of the molecule is COc1cc(/C=C/C(=O)OCC(=O)c2ccc(Br)cc2)ccc1OC(F)F. The van der Waals surface area contributed by atoms with Crippen molar-refractivity contribution in [3.05, 3.63) is 64.1 Å². The molecule has 5 nitrogen and oxygen atoms in total. The van der Waals surface area contributed by atoms with E-state index in [1.807, 2.05) is 0 Å². The Morgan fingerprint density at radius 2 is 1.81 bits per heavy atom. The summed E-state index contributed by atoms with van der Waals surface area (Å²) in [6.45, 7) is -3.37. The van der Waals surface area contributed by atoms with Crippen molar-refractivity contribution >= 4 is 33.8 Å². The Labute approximate surface area is 162 Å². The van der Waals surface area contributed by atoms with Crippen LogP contribution < -0.4 is 9.47 Å². The maximum atomic E-state index is 12.3. The van der Waals surface area contributed by atoms with Crippen LogP contribution in [-0.2, 0) is 9.53 Å². The van der Waals surface area contributed by atoms with Gasteiger partial charge in [-0.2, -0.15) is 8.78 Å². The quantitative estimate of drug-likeness (QED) is 0.343. The molecule has 0 radical (unpaired) electrons. The predicted octanol–water partition coefficient (Wildman–Crippen LogP) is 4.50. The second kappa shape index (κ2) is 9.82. The first-order chi connectivity index (χ1) is 12.9. The largest absolute Gasteiger partial charge is 0.493 e. The molecule has 0 saturated carbocycles. The van der Waals surface area contributed by atoms with Crippen LogP contribution in [0.25, 0.3) is 6.08 Å². The summed E-state index contributed by atoms with van der Waals surface area (Å²) in [5, 5.41) is 0. The van der Waals surface area contributed by atoms with Gasteiger partial charge in [0.15, 0.2) is 23.9 Å². The van der Waals surface area contributed by atoms with Crippen molar-refractivity contribution in [2.75, 3.05) is 13.7 Å². The normalized spacial score (nSPS) is 10.9. The second-order valence-corrected chi connectivity index (χ2v) is 6.08. The Balaban J connectivity index is 1.94. The van der Waals surface area contributed by atoms with Crippen LogP contribution in [0.1, 0.15) is 15.9 Å². The van der Waals surface area contributed by atoms with Crippen molar-refractivity contribution in [2.24, 2.45) is 0 Å². The lowest BCUT2D eigenvalue weighted by Crippen LogP contribution is -2.12. The zero-order valence-corrected chi connectivity index (χ0v) is 15.7. The van der Waals surface area contributed by atoms with Crippen molar-refractivity contribution in [3.63, 3.8) is 0 Å². The molecular formula is C19H15BrF2O5. The first kappa shape index (κ1) is 20.6. The Kier molecular flexibility index (Phi) is 7.48. The number of Topliss-reactive ketones (excluding diaryl/α,β-unsaturated/α-hetero) is 1. The molecule has 0 heterocycles. The number of carbonyl (C=O) groups is 2. The topological polar surface area (TPSA) is 61.8 Å². The van der Waals surface area contributed by atoms with Crippen molar-refractivity contribution in [1.29, 1.82) is 0 Å². The molecule has 8 heteroatoms. The number of alkyl halides is 2. The summed E-state index contributed by atoms with van der Waals surface area (Å²) < 4.78 is 39.6. The number of esters is 1. The van der Waals surface area contributed by atoms with Gasteiger partial charge in [0.1, 0.15) is 0 Å². The highest BCUT2D eigenvalue weighted by Crippen LogP contribution is 2.29. The van der Waals surface area contributed by atoms with Gasteiger partial charge in [0.05, 0.1) is 7.11 Å². The van der Waals surface area contributed by atoms with E-state index in [-0.39, 0.29) is 17.3 Å². The molecular weight excluding hydrogens is 426 g/mol. The summed E-state index contributed by atoms with van der Waals surface area (Å²) in [4.78, 5) is 23.7. The van der Waals surface area contributed by atoms with Gasteiger partial charge in [-0.05, 0) is 35.9 Å². The molecule has 142 valence electrons. The summed E-state index contributed by atoms with van der Waals surface area (Å²) in [5.74, 6) is -1.07.